The van der Waals surface area contributed by atoms with Crippen molar-refractivity contribution in [3.8, 4) is 0 Å². The van der Waals surface area contributed by atoms with Crippen LogP contribution in [0.4, 0.5) is 0 Å². The lowest BCUT2D eigenvalue weighted by Crippen LogP contribution is -2.44. The minimum atomic E-state index is -0.0354. The van der Waals surface area contributed by atoms with Gasteiger partial charge in [-0.2, -0.15) is 0 Å². The highest BCUT2D eigenvalue weighted by Crippen LogP contribution is 2.37. The number of hydrogen-bond donors (Lipinski definition) is 3. The molecule has 2 aliphatic rings. The Hall–Kier alpha value is -1.10. The van der Waals surface area contributed by atoms with E-state index in [1.165, 1.54) is 12.8 Å². The molecule has 1 aliphatic heterocycles. The third-order valence-corrected chi connectivity index (χ3v) is 4.05. The molecule has 2 rings (SSSR count). The number of rotatable bonds is 5. The first kappa shape index (κ1) is 13.3. The monoisotopic (exact) mass is 253 g/mol. The summed E-state index contributed by atoms with van der Waals surface area (Å²) in [4.78, 5) is 23.3. The van der Waals surface area contributed by atoms with Crippen molar-refractivity contribution in [1.82, 2.24) is 16.0 Å². The molecule has 3 atom stereocenters. The zero-order chi connectivity index (χ0) is 13.0. The van der Waals surface area contributed by atoms with Gasteiger partial charge in [0.05, 0.1) is 6.04 Å². The number of carbonyl (C=O) groups is 2. The van der Waals surface area contributed by atoms with Crippen LogP contribution in [0.3, 0.4) is 0 Å². The highest BCUT2D eigenvalue weighted by atomic mass is 16.2. The van der Waals surface area contributed by atoms with Crippen LogP contribution in [0.15, 0.2) is 0 Å². The van der Waals surface area contributed by atoms with E-state index in [9.17, 15) is 9.59 Å². The first-order chi connectivity index (χ1) is 8.72. The molecular formula is C13H23N3O2. The Labute approximate surface area is 108 Å². The maximum Gasteiger partial charge on any atom is 0.237 e. The van der Waals surface area contributed by atoms with E-state index in [4.69, 9.17) is 0 Å². The van der Waals surface area contributed by atoms with Crippen molar-refractivity contribution in [2.24, 2.45) is 11.8 Å². The van der Waals surface area contributed by atoms with Crippen LogP contribution in [0.25, 0.3) is 0 Å². The SMILES string of the molecule is CCNC(=O)CCNC(=O)C1NCC2CCCC21. The number of carbonyl (C=O) groups excluding carboxylic acids is 2. The normalized spacial score (nSPS) is 29.9. The summed E-state index contributed by atoms with van der Waals surface area (Å²) in [5.74, 6) is 1.25. The standard InChI is InChI=1S/C13H23N3O2/c1-2-14-11(17)6-7-15-13(18)12-10-5-3-4-9(10)8-16-12/h9-10,12,16H,2-8H2,1H3,(H,14,17)(H,15,18). The van der Waals surface area contributed by atoms with Crippen LogP contribution >= 0.6 is 0 Å². The van der Waals surface area contributed by atoms with Crippen LogP contribution < -0.4 is 16.0 Å². The summed E-state index contributed by atoms with van der Waals surface area (Å²) in [6.07, 6.45) is 4.02. The van der Waals surface area contributed by atoms with Crippen molar-refractivity contribution >= 4 is 11.8 Å². The first-order valence-corrected chi connectivity index (χ1v) is 7.00. The second kappa shape index (κ2) is 6.18. The zero-order valence-electron chi connectivity index (χ0n) is 11.0. The van der Waals surface area contributed by atoms with Crippen LogP contribution in [-0.4, -0.2) is 37.5 Å². The maximum atomic E-state index is 12.0. The smallest absolute Gasteiger partial charge is 0.237 e. The van der Waals surface area contributed by atoms with Crippen LogP contribution in [-0.2, 0) is 9.59 Å². The predicted molar refractivity (Wildman–Crippen MR) is 68.9 cm³/mol. The summed E-state index contributed by atoms with van der Waals surface area (Å²) in [5.41, 5.74) is 0. The fourth-order valence-corrected chi connectivity index (χ4v) is 3.17. The van der Waals surface area contributed by atoms with E-state index in [1.807, 2.05) is 6.92 Å². The Morgan fingerprint density at radius 3 is 2.89 bits per heavy atom. The van der Waals surface area contributed by atoms with E-state index in [2.05, 4.69) is 16.0 Å². The lowest BCUT2D eigenvalue weighted by molar-refractivity contribution is -0.124. The molecule has 0 spiro atoms. The molecule has 5 nitrogen and oxygen atoms in total. The Bertz CT molecular complexity index is 319. The van der Waals surface area contributed by atoms with Crippen molar-refractivity contribution in [2.75, 3.05) is 19.6 Å². The van der Waals surface area contributed by atoms with Gasteiger partial charge in [-0.15, -0.1) is 0 Å². The first-order valence-electron chi connectivity index (χ1n) is 7.00. The zero-order valence-corrected chi connectivity index (χ0v) is 11.0. The minimum absolute atomic E-state index is 0.00377. The topological polar surface area (TPSA) is 70.2 Å². The van der Waals surface area contributed by atoms with Gasteiger partial charge in [-0.05, 0) is 38.1 Å². The van der Waals surface area contributed by atoms with Crippen LogP contribution in [0.1, 0.15) is 32.6 Å². The molecule has 0 aromatic carbocycles. The predicted octanol–water partition coefficient (Wildman–Crippen LogP) is 0.0169. The van der Waals surface area contributed by atoms with Gasteiger partial charge in [0.25, 0.3) is 0 Å². The molecule has 3 N–H and O–H groups in total. The van der Waals surface area contributed by atoms with Crippen molar-refractivity contribution in [3.05, 3.63) is 0 Å². The Balaban J connectivity index is 1.70. The van der Waals surface area contributed by atoms with Crippen molar-refractivity contribution in [3.63, 3.8) is 0 Å². The minimum Gasteiger partial charge on any atom is -0.356 e. The average molecular weight is 253 g/mol. The molecular weight excluding hydrogens is 230 g/mol. The lowest BCUT2D eigenvalue weighted by Gasteiger charge is -2.17. The van der Waals surface area contributed by atoms with Gasteiger partial charge in [-0.1, -0.05) is 6.42 Å². The van der Waals surface area contributed by atoms with Crippen LogP contribution in [0.2, 0.25) is 0 Å². The lowest BCUT2D eigenvalue weighted by atomic mass is 9.93. The molecule has 3 unspecified atom stereocenters. The summed E-state index contributed by atoms with van der Waals surface area (Å²) < 4.78 is 0. The van der Waals surface area contributed by atoms with Crippen LogP contribution in [0.5, 0.6) is 0 Å². The molecule has 1 saturated carbocycles. The number of nitrogens with one attached hydrogen (secondary N) is 3. The Morgan fingerprint density at radius 1 is 1.28 bits per heavy atom. The number of amides is 2. The summed E-state index contributed by atoms with van der Waals surface area (Å²) in [6, 6.07) is -0.0354. The molecule has 5 heteroatoms. The third-order valence-electron chi connectivity index (χ3n) is 4.05. The van der Waals surface area contributed by atoms with E-state index in [0.717, 1.165) is 13.0 Å². The molecule has 2 fully saturated rings. The van der Waals surface area contributed by atoms with Crippen molar-refractivity contribution < 1.29 is 9.59 Å². The van der Waals surface area contributed by atoms with E-state index < -0.39 is 0 Å². The highest BCUT2D eigenvalue weighted by Gasteiger charge is 2.42. The van der Waals surface area contributed by atoms with Crippen molar-refractivity contribution in [1.29, 1.82) is 0 Å². The van der Waals surface area contributed by atoms with E-state index in [0.29, 0.717) is 31.3 Å². The van der Waals surface area contributed by atoms with Gasteiger partial charge < -0.3 is 16.0 Å². The molecule has 0 aromatic rings. The van der Waals surface area contributed by atoms with Gasteiger partial charge in [-0.25, -0.2) is 0 Å². The number of hydrogen-bond acceptors (Lipinski definition) is 3. The second-order valence-corrected chi connectivity index (χ2v) is 5.24. The van der Waals surface area contributed by atoms with E-state index >= 15 is 0 Å². The van der Waals surface area contributed by atoms with Gasteiger partial charge in [0.2, 0.25) is 11.8 Å². The fourth-order valence-electron chi connectivity index (χ4n) is 3.17. The molecule has 2 amide bonds. The van der Waals surface area contributed by atoms with Crippen molar-refractivity contribution in [2.45, 2.75) is 38.6 Å². The number of fused-ring (bicyclic) bond motifs is 1. The van der Waals surface area contributed by atoms with Crippen LogP contribution in [0, 0.1) is 11.8 Å². The molecule has 102 valence electrons. The summed E-state index contributed by atoms with van der Waals surface area (Å²) in [7, 11) is 0. The molecule has 0 bridgehead atoms. The average Bonchev–Trinajstić information content (AvgIpc) is 2.90. The Kier molecular flexibility index (Phi) is 4.58. The van der Waals surface area contributed by atoms with Gasteiger partial charge >= 0.3 is 0 Å². The molecule has 1 heterocycles. The summed E-state index contributed by atoms with van der Waals surface area (Å²) >= 11 is 0. The maximum absolute atomic E-state index is 12.0. The molecule has 18 heavy (non-hydrogen) atoms. The van der Waals surface area contributed by atoms with Gasteiger partial charge in [0, 0.05) is 19.5 Å². The van der Waals surface area contributed by atoms with Gasteiger partial charge in [0.1, 0.15) is 0 Å². The molecule has 0 aromatic heterocycles. The fraction of sp³-hybridized carbons (Fsp3) is 0.846. The Morgan fingerprint density at radius 2 is 2.11 bits per heavy atom. The third kappa shape index (κ3) is 3.02. The molecule has 0 radical (unpaired) electrons. The molecule has 1 saturated heterocycles. The van der Waals surface area contributed by atoms with E-state index in [1.54, 1.807) is 0 Å². The molecule has 1 aliphatic carbocycles. The largest absolute Gasteiger partial charge is 0.356 e. The summed E-state index contributed by atoms with van der Waals surface area (Å²) in [5, 5.41) is 8.89. The highest BCUT2D eigenvalue weighted by molar-refractivity contribution is 5.83. The summed E-state index contributed by atoms with van der Waals surface area (Å²) in [6.45, 7) is 3.93. The van der Waals surface area contributed by atoms with Gasteiger partial charge in [-0.3, -0.25) is 9.59 Å². The quantitative estimate of drug-likeness (QED) is 0.647. The van der Waals surface area contributed by atoms with Gasteiger partial charge in [0.15, 0.2) is 0 Å². The van der Waals surface area contributed by atoms with E-state index in [-0.39, 0.29) is 17.9 Å². The second-order valence-electron chi connectivity index (χ2n) is 5.24.